The maximum atomic E-state index is 12.8. The number of hydrogen-bond donors (Lipinski definition) is 0. The number of likely N-dealkylation sites (tertiary alicyclic amines) is 1. The molecular formula is C18H29NO5. The molecule has 0 aromatic heterocycles. The summed E-state index contributed by atoms with van der Waals surface area (Å²) in [4.78, 5) is 26.9. The zero-order chi connectivity index (χ0) is 18.3. The van der Waals surface area contributed by atoms with Crippen molar-refractivity contribution < 1.29 is 23.8 Å². The van der Waals surface area contributed by atoms with Crippen molar-refractivity contribution in [2.75, 3.05) is 6.61 Å². The van der Waals surface area contributed by atoms with Crippen molar-refractivity contribution in [1.29, 1.82) is 0 Å². The Hall–Kier alpha value is -1.56. The van der Waals surface area contributed by atoms with Gasteiger partial charge in [-0.15, -0.1) is 6.58 Å². The molecule has 0 N–H and O–H groups in total. The number of hydrogen-bond acceptors (Lipinski definition) is 5. The molecule has 1 unspecified atom stereocenters. The molecule has 136 valence electrons. The van der Waals surface area contributed by atoms with Gasteiger partial charge in [-0.1, -0.05) is 6.08 Å². The van der Waals surface area contributed by atoms with Gasteiger partial charge in [-0.25, -0.2) is 9.59 Å². The predicted molar refractivity (Wildman–Crippen MR) is 89.5 cm³/mol. The highest BCUT2D eigenvalue weighted by atomic mass is 16.6. The standard InChI is InChI=1S/C18H29NO5/c1-8-11-9-12(15(20)23-17(2,3)4)19(14(11)13-10-22-13)16(21)24-18(5,6)7/h8,11-14H,1,9-10H2,2-7H3/t11-,12-,13?,14-/m1/s1. The van der Waals surface area contributed by atoms with E-state index in [0.29, 0.717) is 13.0 Å². The second-order valence-electron chi connectivity index (χ2n) is 8.43. The molecule has 0 bridgehead atoms. The molecule has 6 nitrogen and oxygen atoms in total. The fourth-order valence-electron chi connectivity index (χ4n) is 3.01. The first-order chi connectivity index (χ1) is 10.9. The van der Waals surface area contributed by atoms with Crippen molar-refractivity contribution in [1.82, 2.24) is 4.90 Å². The molecule has 6 heteroatoms. The summed E-state index contributed by atoms with van der Waals surface area (Å²) in [5, 5.41) is 0. The summed E-state index contributed by atoms with van der Waals surface area (Å²) in [5.74, 6) is -0.439. The van der Waals surface area contributed by atoms with E-state index in [1.54, 1.807) is 26.8 Å². The van der Waals surface area contributed by atoms with Crippen molar-refractivity contribution in [3.05, 3.63) is 12.7 Å². The average molecular weight is 339 g/mol. The van der Waals surface area contributed by atoms with E-state index in [-0.39, 0.29) is 18.1 Å². The van der Waals surface area contributed by atoms with Crippen LogP contribution in [0.4, 0.5) is 4.79 Å². The second kappa shape index (κ2) is 6.39. The van der Waals surface area contributed by atoms with Crippen LogP contribution in [0.25, 0.3) is 0 Å². The summed E-state index contributed by atoms with van der Waals surface area (Å²) >= 11 is 0. The maximum Gasteiger partial charge on any atom is 0.411 e. The number of carbonyl (C=O) groups is 2. The first kappa shape index (κ1) is 18.8. The number of esters is 1. The van der Waals surface area contributed by atoms with E-state index in [4.69, 9.17) is 14.2 Å². The number of nitrogens with zero attached hydrogens (tertiary/aromatic N) is 1. The lowest BCUT2D eigenvalue weighted by Gasteiger charge is -2.33. The van der Waals surface area contributed by atoms with Crippen LogP contribution in [0.5, 0.6) is 0 Å². The van der Waals surface area contributed by atoms with Gasteiger partial charge in [0.25, 0.3) is 0 Å². The van der Waals surface area contributed by atoms with Crippen LogP contribution in [0.1, 0.15) is 48.0 Å². The molecule has 0 aliphatic carbocycles. The Morgan fingerprint density at radius 1 is 1.12 bits per heavy atom. The van der Waals surface area contributed by atoms with Crippen molar-refractivity contribution >= 4 is 12.1 Å². The highest BCUT2D eigenvalue weighted by molar-refractivity contribution is 5.83. The van der Waals surface area contributed by atoms with Crippen LogP contribution in [0.3, 0.4) is 0 Å². The van der Waals surface area contributed by atoms with E-state index in [1.165, 1.54) is 4.90 Å². The molecule has 0 radical (unpaired) electrons. The fourth-order valence-corrected chi connectivity index (χ4v) is 3.01. The molecule has 2 heterocycles. The van der Waals surface area contributed by atoms with Gasteiger partial charge in [0.1, 0.15) is 23.3 Å². The zero-order valence-electron chi connectivity index (χ0n) is 15.5. The third-order valence-corrected chi connectivity index (χ3v) is 3.92. The van der Waals surface area contributed by atoms with Crippen LogP contribution in [0.15, 0.2) is 12.7 Å². The molecule has 2 saturated heterocycles. The van der Waals surface area contributed by atoms with Gasteiger partial charge in [0.2, 0.25) is 0 Å². The molecule has 4 atom stereocenters. The summed E-state index contributed by atoms with van der Waals surface area (Å²) in [6.07, 6.45) is 1.67. The van der Waals surface area contributed by atoms with Gasteiger partial charge in [0.15, 0.2) is 0 Å². The van der Waals surface area contributed by atoms with Crippen LogP contribution in [0.2, 0.25) is 0 Å². The van der Waals surface area contributed by atoms with E-state index < -0.39 is 29.3 Å². The number of ether oxygens (including phenoxy) is 3. The molecule has 2 rings (SSSR count). The Morgan fingerprint density at radius 2 is 1.67 bits per heavy atom. The molecule has 2 fully saturated rings. The quantitative estimate of drug-likeness (QED) is 0.449. The van der Waals surface area contributed by atoms with Crippen LogP contribution in [0, 0.1) is 5.92 Å². The minimum atomic E-state index is -0.684. The molecule has 0 spiro atoms. The molecule has 24 heavy (non-hydrogen) atoms. The number of carbonyl (C=O) groups excluding carboxylic acids is 2. The first-order valence-electron chi connectivity index (χ1n) is 8.41. The van der Waals surface area contributed by atoms with Crippen molar-refractivity contribution in [3.63, 3.8) is 0 Å². The Balaban J connectivity index is 2.27. The highest BCUT2D eigenvalue weighted by Crippen LogP contribution is 2.39. The molecular weight excluding hydrogens is 310 g/mol. The molecule has 0 aromatic rings. The highest BCUT2D eigenvalue weighted by Gasteiger charge is 2.54. The van der Waals surface area contributed by atoms with Gasteiger partial charge >= 0.3 is 12.1 Å². The van der Waals surface area contributed by atoms with Crippen LogP contribution < -0.4 is 0 Å². The summed E-state index contributed by atoms with van der Waals surface area (Å²) in [7, 11) is 0. The summed E-state index contributed by atoms with van der Waals surface area (Å²) < 4.78 is 16.4. The van der Waals surface area contributed by atoms with Crippen molar-refractivity contribution in [2.24, 2.45) is 5.92 Å². The Kier molecular flexibility index (Phi) is 5.00. The monoisotopic (exact) mass is 339 g/mol. The molecule has 0 aromatic carbocycles. The number of amides is 1. The summed E-state index contributed by atoms with van der Waals surface area (Å²) in [6.45, 7) is 15.3. The van der Waals surface area contributed by atoms with Gasteiger partial charge in [-0.3, -0.25) is 4.90 Å². The van der Waals surface area contributed by atoms with Crippen LogP contribution >= 0.6 is 0 Å². The maximum absolute atomic E-state index is 12.8. The van der Waals surface area contributed by atoms with Gasteiger partial charge in [0.05, 0.1) is 12.6 Å². The predicted octanol–water partition coefficient (Wildman–Crippen LogP) is 2.91. The number of rotatable bonds is 3. The Bertz CT molecular complexity index is 512. The lowest BCUT2D eigenvalue weighted by atomic mass is 9.97. The SMILES string of the molecule is C=C[C@@H]1C[C@H](C(=O)OC(C)(C)C)N(C(=O)OC(C)(C)C)[C@H]1C1CO1. The van der Waals surface area contributed by atoms with Crippen molar-refractivity contribution in [3.8, 4) is 0 Å². The van der Waals surface area contributed by atoms with E-state index in [2.05, 4.69) is 6.58 Å². The van der Waals surface area contributed by atoms with Crippen LogP contribution in [-0.2, 0) is 19.0 Å². The second-order valence-corrected chi connectivity index (χ2v) is 8.43. The lowest BCUT2D eigenvalue weighted by Crippen LogP contribution is -2.50. The van der Waals surface area contributed by atoms with Gasteiger partial charge in [0, 0.05) is 5.92 Å². The van der Waals surface area contributed by atoms with Crippen molar-refractivity contribution in [2.45, 2.75) is 77.4 Å². The van der Waals surface area contributed by atoms with Gasteiger partial charge in [-0.2, -0.15) is 0 Å². The Morgan fingerprint density at radius 3 is 2.08 bits per heavy atom. The zero-order valence-corrected chi connectivity index (χ0v) is 15.5. The fraction of sp³-hybridized carbons (Fsp3) is 0.778. The Labute approximate surface area is 144 Å². The minimum Gasteiger partial charge on any atom is -0.458 e. The number of epoxide rings is 1. The smallest absolute Gasteiger partial charge is 0.411 e. The summed E-state index contributed by atoms with van der Waals surface area (Å²) in [5.41, 5.74) is -1.26. The minimum absolute atomic E-state index is 0.0254. The topological polar surface area (TPSA) is 68.4 Å². The van der Waals surface area contributed by atoms with E-state index in [1.807, 2.05) is 20.8 Å². The van der Waals surface area contributed by atoms with Crippen LogP contribution in [-0.4, -0.2) is 53.0 Å². The lowest BCUT2D eigenvalue weighted by molar-refractivity contribution is -0.160. The molecule has 0 saturated carbocycles. The normalized spacial score (nSPS) is 30.0. The van der Waals surface area contributed by atoms with E-state index in [9.17, 15) is 9.59 Å². The first-order valence-corrected chi connectivity index (χ1v) is 8.41. The van der Waals surface area contributed by atoms with Gasteiger partial charge in [-0.05, 0) is 48.0 Å². The van der Waals surface area contributed by atoms with E-state index >= 15 is 0 Å². The molecule has 2 aliphatic rings. The molecule has 2 aliphatic heterocycles. The molecule has 1 amide bonds. The van der Waals surface area contributed by atoms with Gasteiger partial charge < -0.3 is 14.2 Å². The largest absolute Gasteiger partial charge is 0.458 e. The third-order valence-electron chi connectivity index (χ3n) is 3.92. The van der Waals surface area contributed by atoms with E-state index in [0.717, 1.165) is 0 Å². The average Bonchev–Trinajstić information content (AvgIpc) is 3.13. The third kappa shape index (κ3) is 4.50. The summed E-state index contributed by atoms with van der Waals surface area (Å²) in [6, 6.07) is -0.925.